The van der Waals surface area contributed by atoms with E-state index in [1.54, 1.807) is 13.4 Å². The van der Waals surface area contributed by atoms with Crippen LogP contribution >= 0.6 is 0 Å². The fraction of sp³-hybridized carbons (Fsp3) is 0.222. The Balaban J connectivity index is 1.74. The number of methoxy groups -OCH3 is 1. The summed E-state index contributed by atoms with van der Waals surface area (Å²) < 4.78 is 7.32. The molecular formula is C18H18N4O. The van der Waals surface area contributed by atoms with Crippen molar-refractivity contribution in [2.45, 2.75) is 18.5 Å². The maximum absolute atomic E-state index is 5.37. The van der Waals surface area contributed by atoms with E-state index in [0.29, 0.717) is 0 Å². The minimum Gasteiger partial charge on any atom is -0.497 e. The zero-order chi connectivity index (χ0) is 15.6. The molecule has 0 fully saturated rings. The predicted molar refractivity (Wildman–Crippen MR) is 88.6 cm³/mol. The molecule has 1 aromatic heterocycles. The summed E-state index contributed by atoms with van der Waals surface area (Å²) in [5.41, 5.74) is 2.44. The Hall–Kier alpha value is -2.82. The standard InChI is InChI=1S/C18H18N4O/c1-23-15-9-5-8-14(10-15)17-11-16(13-6-3-2-4-7-13)21-18-19-12-20-22(17)18/h2-10,12,16-17H,11H2,1H3,(H,19,20,21)/t16-,17-/m1/s1. The summed E-state index contributed by atoms with van der Waals surface area (Å²) in [6.07, 6.45) is 2.51. The Morgan fingerprint density at radius 1 is 1.09 bits per heavy atom. The van der Waals surface area contributed by atoms with Crippen molar-refractivity contribution in [2.75, 3.05) is 12.4 Å². The summed E-state index contributed by atoms with van der Waals surface area (Å²) in [5.74, 6) is 1.66. The van der Waals surface area contributed by atoms with Gasteiger partial charge in [-0.3, -0.25) is 0 Å². The van der Waals surface area contributed by atoms with E-state index in [2.05, 4.69) is 51.8 Å². The molecule has 116 valence electrons. The molecule has 0 unspecified atom stereocenters. The smallest absolute Gasteiger partial charge is 0.222 e. The Kier molecular flexibility index (Phi) is 3.46. The van der Waals surface area contributed by atoms with Gasteiger partial charge in [0.1, 0.15) is 12.1 Å². The molecule has 3 aromatic rings. The van der Waals surface area contributed by atoms with Crippen LogP contribution in [0.15, 0.2) is 60.9 Å². The number of hydrogen-bond donors (Lipinski definition) is 1. The first-order valence-electron chi connectivity index (χ1n) is 7.70. The highest BCUT2D eigenvalue weighted by atomic mass is 16.5. The molecule has 2 heterocycles. The fourth-order valence-corrected chi connectivity index (χ4v) is 3.15. The third-order valence-corrected chi connectivity index (χ3v) is 4.31. The van der Waals surface area contributed by atoms with Gasteiger partial charge in [-0.25, -0.2) is 4.68 Å². The van der Waals surface area contributed by atoms with Gasteiger partial charge in [-0.1, -0.05) is 42.5 Å². The molecule has 1 aliphatic rings. The van der Waals surface area contributed by atoms with Gasteiger partial charge >= 0.3 is 0 Å². The first-order chi connectivity index (χ1) is 11.3. The highest BCUT2D eigenvalue weighted by Crippen LogP contribution is 2.37. The zero-order valence-electron chi connectivity index (χ0n) is 12.9. The molecule has 0 saturated heterocycles. The topological polar surface area (TPSA) is 52.0 Å². The van der Waals surface area contributed by atoms with E-state index >= 15 is 0 Å². The molecule has 23 heavy (non-hydrogen) atoms. The Bertz CT molecular complexity index is 800. The second-order valence-electron chi connectivity index (χ2n) is 5.66. The van der Waals surface area contributed by atoms with Crippen LogP contribution in [0.1, 0.15) is 29.6 Å². The van der Waals surface area contributed by atoms with Crippen LogP contribution < -0.4 is 10.1 Å². The molecule has 0 bridgehead atoms. The lowest BCUT2D eigenvalue weighted by atomic mass is 9.93. The normalized spacial score (nSPS) is 19.7. The van der Waals surface area contributed by atoms with Crippen molar-refractivity contribution in [1.82, 2.24) is 14.8 Å². The summed E-state index contributed by atoms with van der Waals surface area (Å²) in [5, 5.41) is 7.88. The SMILES string of the molecule is COc1cccc([C@H]2C[C@H](c3ccccc3)Nc3ncnn32)c1. The summed E-state index contributed by atoms with van der Waals surface area (Å²) >= 11 is 0. The first kappa shape index (κ1) is 13.8. The van der Waals surface area contributed by atoms with E-state index in [-0.39, 0.29) is 12.1 Å². The molecule has 5 heteroatoms. The lowest BCUT2D eigenvalue weighted by Gasteiger charge is -2.31. The van der Waals surface area contributed by atoms with Crippen LogP contribution in [0.2, 0.25) is 0 Å². The minimum absolute atomic E-state index is 0.133. The third-order valence-electron chi connectivity index (χ3n) is 4.31. The van der Waals surface area contributed by atoms with Crippen molar-refractivity contribution < 1.29 is 4.74 Å². The number of rotatable bonds is 3. The highest BCUT2D eigenvalue weighted by Gasteiger charge is 2.29. The van der Waals surface area contributed by atoms with E-state index in [4.69, 9.17) is 4.74 Å². The molecule has 0 aliphatic carbocycles. The molecule has 1 N–H and O–H groups in total. The van der Waals surface area contributed by atoms with Crippen molar-refractivity contribution in [3.8, 4) is 5.75 Å². The Labute approximate surface area is 134 Å². The second kappa shape index (κ2) is 5.76. The van der Waals surface area contributed by atoms with Crippen molar-refractivity contribution >= 4 is 5.95 Å². The van der Waals surface area contributed by atoms with Crippen molar-refractivity contribution in [2.24, 2.45) is 0 Å². The summed E-state index contributed by atoms with van der Waals surface area (Å²) in [7, 11) is 1.69. The van der Waals surface area contributed by atoms with Crippen molar-refractivity contribution in [3.05, 3.63) is 72.1 Å². The van der Waals surface area contributed by atoms with E-state index in [0.717, 1.165) is 18.1 Å². The van der Waals surface area contributed by atoms with Crippen LogP contribution in [-0.2, 0) is 0 Å². The molecule has 1 aliphatic heterocycles. The number of anilines is 1. The fourth-order valence-electron chi connectivity index (χ4n) is 3.15. The van der Waals surface area contributed by atoms with Gasteiger partial charge in [-0.15, -0.1) is 0 Å². The second-order valence-corrected chi connectivity index (χ2v) is 5.66. The maximum Gasteiger partial charge on any atom is 0.222 e. The van der Waals surface area contributed by atoms with Gasteiger partial charge in [0.2, 0.25) is 5.95 Å². The van der Waals surface area contributed by atoms with Gasteiger partial charge in [0.15, 0.2) is 0 Å². The number of aromatic nitrogens is 3. The van der Waals surface area contributed by atoms with E-state index in [1.165, 1.54) is 11.1 Å². The Morgan fingerprint density at radius 3 is 2.74 bits per heavy atom. The first-order valence-corrected chi connectivity index (χ1v) is 7.70. The van der Waals surface area contributed by atoms with Gasteiger partial charge in [-0.2, -0.15) is 10.1 Å². The van der Waals surface area contributed by atoms with E-state index in [1.807, 2.05) is 22.9 Å². The van der Waals surface area contributed by atoms with Crippen LogP contribution in [0, 0.1) is 0 Å². The van der Waals surface area contributed by atoms with Gasteiger partial charge in [0, 0.05) is 0 Å². The van der Waals surface area contributed by atoms with Crippen molar-refractivity contribution in [3.63, 3.8) is 0 Å². The largest absolute Gasteiger partial charge is 0.497 e. The average molecular weight is 306 g/mol. The van der Waals surface area contributed by atoms with Crippen LogP contribution in [0.25, 0.3) is 0 Å². The van der Waals surface area contributed by atoms with Crippen LogP contribution in [0.4, 0.5) is 5.95 Å². The van der Waals surface area contributed by atoms with Crippen LogP contribution in [0.5, 0.6) is 5.75 Å². The lowest BCUT2D eigenvalue weighted by molar-refractivity contribution is 0.406. The van der Waals surface area contributed by atoms with Gasteiger partial charge in [0.05, 0.1) is 19.2 Å². The van der Waals surface area contributed by atoms with Gasteiger partial charge in [0.25, 0.3) is 0 Å². The van der Waals surface area contributed by atoms with Crippen LogP contribution in [-0.4, -0.2) is 21.9 Å². The quantitative estimate of drug-likeness (QED) is 0.805. The number of nitrogens with one attached hydrogen (secondary N) is 1. The lowest BCUT2D eigenvalue weighted by Crippen LogP contribution is -2.28. The zero-order valence-corrected chi connectivity index (χ0v) is 12.9. The highest BCUT2D eigenvalue weighted by molar-refractivity contribution is 5.39. The van der Waals surface area contributed by atoms with Crippen LogP contribution in [0.3, 0.4) is 0 Å². The third kappa shape index (κ3) is 2.54. The molecule has 4 rings (SSSR count). The van der Waals surface area contributed by atoms with E-state index < -0.39 is 0 Å². The molecule has 2 aromatic carbocycles. The molecule has 2 atom stereocenters. The summed E-state index contributed by atoms with van der Waals surface area (Å²) in [4.78, 5) is 4.36. The predicted octanol–water partition coefficient (Wildman–Crippen LogP) is 3.43. The van der Waals surface area contributed by atoms with Gasteiger partial charge in [-0.05, 0) is 29.7 Å². The molecule has 5 nitrogen and oxygen atoms in total. The number of benzene rings is 2. The maximum atomic E-state index is 5.37. The molecule has 0 radical (unpaired) electrons. The minimum atomic E-state index is 0.133. The summed E-state index contributed by atoms with van der Waals surface area (Å²) in [6, 6.07) is 19.0. The monoisotopic (exact) mass is 306 g/mol. The Morgan fingerprint density at radius 2 is 1.91 bits per heavy atom. The number of hydrogen-bond acceptors (Lipinski definition) is 4. The molecular weight excluding hydrogens is 288 g/mol. The van der Waals surface area contributed by atoms with E-state index in [9.17, 15) is 0 Å². The number of fused-ring (bicyclic) bond motifs is 1. The number of ether oxygens (including phenoxy) is 1. The average Bonchev–Trinajstić information content (AvgIpc) is 3.10. The molecule has 0 amide bonds. The number of nitrogens with zero attached hydrogens (tertiary/aromatic N) is 3. The summed E-state index contributed by atoms with van der Waals surface area (Å²) in [6.45, 7) is 0. The molecule has 0 saturated carbocycles. The van der Waals surface area contributed by atoms with Crippen molar-refractivity contribution in [1.29, 1.82) is 0 Å². The molecule has 0 spiro atoms. The van der Waals surface area contributed by atoms with Gasteiger partial charge < -0.3 is 10.1 Å².